The van der Waals surface area contributed by atoms with Crippen LogP contribution in [0.25, 0.3) is 0 Å². The predicted molar refractivity (Wildman–Crippen MR) is 136 cm³/mol. The number of benzene rings is 1. The first kappa shape index (κ1) is 28.2. The molecule has 3 heterocycles. The van der Waals surface area contributed by atoms with E-state index in [0.717, 1.165) is 0 Å². The molecule has 2 N–H and O–H groups in total. The molecule has 14 heteroatoms. The molecule has 204 valence electrons. The number of carbonyl (C=O) groups is 2. The number of piperidine rings is 1. The zero-order chi connectivity index (χ0) is 27.4. The van der Waals surface area contributed by atoms with E-state index < -0.39 is 49.0 Å². The Labute approximate surface area is 228 Å². The van der Waals surface area contributed by atoms with Crippen molar-refractivity contribution in [1.82, 2.24) is 15.2 Å². The van der Waals surface area contributed by atoms with Crippen LogP contribution in [0.15, 0.2) is 50.5 Å². The number of carbonyl (C=O) groups excluding carboxylic acids is 1. The fourth-order valence-electron chi connectivity index (χ4n) is 4.29. The molecule has 38 heavy (non-hydrogen) atoms. The summed E-state index contributed by atoms with van der Waals surface area (Å²) in [5.41, 5.74) is 0.881. The van der Waals surface area contributed by atoms with Gasteiger partial charge in [-0.3, -0.25) is 9.89 Å². The summed E-state index contributed by atoms with van der Waals surface area (Å²) in [7, 11) is 0. The second-order valence-electron chi connectivity index (χ2n) is 8.57. The van der Waals surface area contributed by atoms with Gasteiger partial charge in [-0.05, 0) is 31.0 Å². The van der Waals surface area contributed by atoms with E-state index in [1.807, 2.05) is 0 Å². The maximum atomic E-state index is 14.9. The molecule has 2 aromatic rings. The van der Waals surface area contributed by atoms with Crippen LogP contribution in [0.2, 0.25) is 0 Å². The molecule has 0 bridgehead atoms. The van der Waals surface area contributed by atoms with Crippen LogP contribution in [-0.2, 0) is 19.1 Å². The number of carboxylic acids is 1. The number of nitrogens with zero attached hydrogens (tertiary/aromatic N) is 3. The monoisotopic (exact) mass is 616 g/mol. The summed E-state index contributed by atoms with van der Waals surface area (Å²) in [5, 5.41) is 14.1. The van der Waals surface area contributed by atoms with Gasteiger partial charge in [-0.2, -0.15) is 0 Å². The highest BCUT2D eigenvalue weighted by Crippen LogP contribution is 2.38. The maximum absolute atomic E-state index is 14.9. The summed E-state index contributed by atoms with van der Waals surface area (Å²) in [6.45, 7) is 0.254. The molecule has 0 radical (unpaired) electrons. The summed E-state index contributed by atoms with van der Waals surface area (Å²) in [6.07, 6.45) is -0.0643. The van der Waals surface area contributed by atoms with Crippen molar-refractivity contribution in [3.63, 3.8) is 0 Å². The van der Waals surface area contributed by atoms with Crippen molar-refractivity contribution in [2.24, 2.45) is 4.99 Å². The Morgan fingerprint density at radius 2 is 2.16 bits per heavy atom. The Morgan fingerprint density at radius 1 is 1.37 bits per heavy atom. The third-order valence-electron chi connectivity index (χ3n) is 5.92. The van der Waals surface area contributed by atoms with E-state index in [1.165, 1.54) is 34.4 Å². The van der Waals surface area contributed by atoms with Crippen LogP contribution in [0.4, 0.5) is 13.2 Å². The van der Waals surface area contributed by atoms with Crippen LogP contribution in [-0.4, -0.2) is 77.6 Å². The zero-order valence-corrected chi connectivity index (χ0v) is 22.5. The molecule has 1 aromatic heterocycles. The van der Waals surface area contributed by atoms with Crippen LogP contribution < -0.4 is 5.32 Å². The van der Waals surface area contributed by atoms with Gasteiger partial charge in [0.05, 0.1) is 18.7 Å². The molecule has 0 amide bonds. The number of alkyl halides is 2. The summed E-state index contributed by atoms with van der Waals surface area (Å²) in [5.74, 6) is -5.50. The standard InChI is InChI=1S/C24H24BrF3N4O5S/c1-2-36-23(35)19-16(10-32-7-5-17(24(27,28)12-32)37-11-18(33)34)30-21(22-29-6-8-38-22)31-20(19)14-4-3-13(26)9-15(14)25/h3-4,6,8-9,17,20H,2,5,7,10-12H2,1H3,(H,30,31)(H,33,34)/t17?,20-/m0/s1. The average molecular weight is 617 g/mol. The number of esters is 1. The number of ether oxygens (including phenoxy) is 2. The number of aliphatic imine (C=N–C) groups is 1. The van der Waals surface area contributed by atoms with Crippen LogP contribution in [0.3, 0.4) is 0 Å². The van der Waals surface area contributed by atoms with E-state index >= 15 is 0 Å². The van der Waals surface area contributed by atoms with Crippen molar-refractivity contribution in [1.29, 1.82) is 0 Å². The second kappa shape index (κ2) is 11.9. The van der Waals surface area contributed by atoms with Crippen LogP contribution in [0, 0.1) is 5.82 Å². The van der Waals surface area contributed by atoms with E-state index in [-0.39, 0.29) is 31.7 Å². The van der Waals surface area contributed by atoms with Crippen molar-refractivity contribution < 1.29 is 37.3 Å². The highest BCUT2D eigenvalue weighted by molar-refractivity contribution is 9.10. The first-order valence-corrected chi connectivity index (χ1v) is 13.3. The van der Waals surface area contributed by atoms with Gasteiger partial charge in [-0.1, -0.05) is 22.0 Å². The maximum Gasteiger partial charge on any atom is 0.338 e. The van der Waals surface area contributed by atoms with Gasteiger partial charge in [0.2, 0.25) is 0 Å². The molecule has 2 aliphatic rings. The topological polar surface area (TPSA) is 113 Å². The quantitative estimate of drug-likeness (QED) is 0.410. The first-order valence-electron chi connectivity index (χ1n) is 11.6. The average Bonchev–Trinajstić information content (AvgIpc) is 3.38. The minimum Gasteiger partial charge on any atom is -0.480 e. The van der Waals surface area contributed by atoms with Gasteiger partial charge in [0.1, 0.15) is 24.6 Å². The molecule has 4 rings (SSSR count). The Morgan fingerprint density at radius 3 is 2.79 bits per heavy atom. The molecule has 9 nitrogen and oxygen atoms in total. The molecular weight excluding hydrogens is 593 g/mol. The third kappa shape index (κ3) is 6.42. The summed E-state index contributed by atoms with van der Waals surface area (Å²) < 4.78 is 54.2. The van der Waals surface area contributed by atoms with Crippen molar-refractivity contribution in [2.75, 3.05) is 32.8 Å². The van der Waals surface area contributed by atoms with Crippen molar-refractivity contribution in [2.45, 2.75) is 31.4 Å². The van der Waals surface area contributed by atoms with E-state index in [1.54, 1.807) is 18.5 Å². The number of likely N-dealkylation sites (tertiary alicyclic amines) is 1. The van der Waals surface area contributed by atoms with E-state index in [9.17, 15) is 22.8 Å². The summed E-state index contributed by atoms with van der Waals surface area (Å²) in [6, 6.07) is 3.05. The lowest BCUT2D eigenvalue weighted by molar-refractivity contribution is -0.180. The number of thiazole rings is 1. The molecular formula is C24H24BrF3N4O5S. The minimum atomic E-state index is -3.32. The lowest BCUT2D eigenvalue weighted by Crippen LogP contribution is -2.54. The van der Waals surface area contributed by atoms with Crippen molar-refractivity contribution in [3.05, 3.63) is 61.9 Å². The number of carboxylic acid groups (broad SMARTS) is 1. The number of halogens is 4. The van der Waals surface area contributed by atoms with Gasteiger partial charge >= 0.3 is 11.9 Å². The number of hydrogen-bond acceptors (Lipinski definition) is 9. The molecule has 1 fully saturated rings. The molecule has 0 saturated carbocycles. The van der Waals surface area contributed by atoms with Gasteiger partial charge in [-0.15, -0.1) is 11.3 Å². The lowest BCUT2D eigenvalue weighted by atomic mass is 9.94. The number of aromatic nitrogens is 1. The molecule has 2 atom stereocenters. The lowest BCUT2D eigenvalue weighted by Gasteiger charge is -2.39. The number of aliphatic carboxylic acids is 1. The molecule has 0 aliphatic carbocycles. The molecule has 1 saturated heterocycles. The minimum absolute atomic E-state index is 0.0698. The van der Waals surface area contributed by atoms with E-state index in [2.05, 4.69) is 26.2 Å². The molecule has 1 unspecified atom stereocenters. The van der Waals surface area contributed by atoms with Gasteiger partial charge in [0.15, 0.2) is 10.8 Å². The smallest absolute Gasteiger partial charge is 0.338 e. The molecule has 2 aliphatic heterocycles. The van der Waals surface area contributed by atoms with E-state index in [4.69, 9.17) is 19.6 Å². The van der Waals surface area contributed by atoms with Crippen LogP contribution in [0.5, 0.6) is 0 Å². The van der Waals surface area contributed by atoms with Gasteiger partial charge in [0.25, 0.3) is 5.92 Å². The Balaban J connectivity index is 1.71. The van der Waals surface area contributed by atoms with Crippen LogP contribution >= 0.6 is 27.3 Å². The van der Waals surface area contributed by atoms with Crippen molar-refractivity contribution >= 4 is 45.0 Å². The largest absolute Gasteiger partial charge is 0.480 e. The number of hydrogen-bond donors (Lipinski definition) is 2. The fourth-order valence-corrected chi connectivity index (χ4v) is 5.45. The SMILES string of the molecule is CCOC(=O)C1=C(CN2CCC(OCC(=O)O)C(F)(F)C2)NC(c2nccs2)=N[C@H]1c1ccc(F)cc1Br. The Hall–Kier alpha value is -2.81. The highest BCUT2D eigenvalue weighted by atomic mass is 79.9. The first-order chi connectivity index (χ1) is 18.1. The number of amidine groups is 1. The summed E-state index contributed by atoms with van der Waals surface area (Å²) >= 11 is 4.65. The zero-order valence-electron chi connectivity index (χ0n) is 20.1. The van der Waals surface area contributed by atoms with Crippen molar-refractivity contribution in [3.8, 4) is 0 Å². The van der Waals surface area contributed by atoms with E-state index in [0.29, 0.717) is 26.6 Å². The summed E-state index contributed by atoms with van der Waals surface area (Å²) in [4.78, 5) is 34.4. The Bertz CT molecular complexity index is 1260. The van der Waals surface area contributed by atoms with Crippen LogP contribution in [0.1, 0.15) is 30.0 Å². The molecule has 0 spiro atoms. The van der Waals surface area contributed by atoms with Gasteiger partial charge < -0.3 is 19.9 Å². The van der Waals surface area contributed by atoms with Gasteiger partial charge in [-0.25, -0.2) is 27.7 Å². The normalized spacial score (nSPS) is 21.6. The third-order valence-corrected chi connectivity index (χ3v) is 7.38. The Kier molecular flexibility index (Phi) is 8.85. The number of rotatable bonds is 9. The highest BCUT2D eigenvalue weighted by Gasteiger charge is 2.46. The van der Waals surface area contributed by atoms with Gasteiger partial charge in [0, 0.05) is 34.8 Å². The molecule has 1 aromatic carbocycles. The fraction of sp³-hybridized carbons (Fsp3) is 0.417. The predicted octanol–water partition coefficient (Wildman–Crippen LogP) is 3.76. The number of nitrogens with one attached hydrogen (secondary N) is 1. The second-order valence-corrected chi connectivity index (χ2v) is 10.3.